The van der Waals surface area contributed by atoms with Gasteiger partial charge in [-0.2, -0.15) is 0 Å². The van der Waals surface area contributed by atoms with Gasteiger partial charge in [-0.3, -0.25) is 9.69 Å². The first-order chi connectivity index (χ1) is 13.1. The maximum atomic E-state index is 13.8. The summed E-state index contributed by atoms with van der Waals surface area (Å²) in [4.78, 5) is 14.6. The van der Waals surface area contributed by atoms with E-state index in [1.165, 1.54) is 6.07 Å². The number of benzene rings is 2. The van der Waals surface area contributed by atoms with Crippen molar-refractivity contribution in [2.75, 3.05) is 26.2 Å². The van der Waals surface area contributed by atoms with Crippen molar-refractivity contribution in [3.8, 4) is 5.75 Å². The molecule has 0 unspecified atom stereocenters. The fraction of sp³-hybridized carbons (Fsp3) is 0.409. The molecule has 144 valence electrons. The van der Waals surface area contributed by atoms with Crippen molar-refractivity contribution in [2.45, 2.75) is 26.3 Å². The molecule has 0 aromatic heterocycles. The third-order valence-corrected chi connectivity index (χ3v) is 5.06. The zero-order valence-corrected chi connectivity index (χ0v) is 15.8. The number of ether oxygens (including phenoxy) is 1. The lowest BCUT2D eigenvalue weighted by atomic mass is 9.95. The number of piperidine rings is 1. The van der Waals surface area contributed by atoms with Crippen molar-refractivity contribution in [2.24, 2.45) is 5.92 Å². The minimum atomic E-state index is -0.161. The number of para-hydroxylation sites is 1. The van der Waals surface area contributed by atoms with Crippen molar-refractivity contribution < 1.29 is 13.9 Å². The summed E-state index contributed by atoms with van der Waals surface area (Å²) in [6.45, 7) is 5.19. The van der Waals surface area contributed by atoms with Gasteiger partial charge in [-0.25, -0.2) is 4.39 Å². The van der Waals surface area contributed by atoms with Gasteiger partial charge in [0.25, 0.3) is 0 Å². The van der Waals surface area contributed by atoms with Crippen molar-refractivity contribution in [3.63, 3.8) is 0 Å². The maximum absolute atomic E-state index is 13.8. The van der Waals surface area contributed by atoms with Crippen LogP contribution in [0.4, 0.5) is 4.39 Å². The summed E-state index contributed by atoms with van der Waals surface area (Å²) in [5, 5.41) is 2.97. The van der Waals surface area contributed by atoms with Gasteiger partial charge in [-0.1, -0.05) is 36.4 Å². The Morgan fingerprint density at radius 2 is 1.85 bits per heavy atom. The number of nitrogens with zero attached hydrogens (tertiary/aromatic N) is 1. The highest BCUT2D eigenvalue weighted by Crippen LogP contribution is 2.20. The smallest absolute Gasteiger partial charge is 0.223 e. The monoisotopic (exact) mass is 370 g/mol. The van der Waals surface area contributed by atoms with Gasteiger partial charge in [0.05, 0.1) is 6.54 Å². The summed E-state index contributed by atoms with van der Waals surface area (Å²) in [7, 11) is 0. The van der Waals surface area contributed by atoms with Crippen LogP contribution in [0.5, 0.6) is 5.75 Å². The van der Waals surface area contributed by atoms with Crippen LogP contribution < -0.4 is 10.1 Å². The Balaban J connectivity index is 1.36. The Labute approximate surface area is 160 Å². The van der Waals surface area contributed by atoms with Gasteiger partial charge in [0.15, 0.2) is 0 Å². The number of carbonyl (C=O) groups excluding carboxylic acids is 1. The van der Waals surface area contributed by atoms with E-state index in [-0.39, 0.29) is 17.6 Å². The Morgan fingerprint density at radius 1 is 1.15 bits per heavy atom. The average Bonchev–Trinajstić information content (AvgIpc) is 2.69. The molecule has 0 aliphatic carbocycles. The van der Waals surface area contributed by atoms with Crippen LogP contribution >= 0.6 is 0 Å². The summed E-state index contributed by atoms with van der Waals surface area (Å²) in [5.74, 6) is 0.813. The lowest BCUT2D eigenvalue weighted by Gasteiger charge is -2.31. The SMILES string of the molecule is Cc1ccccc1OCCNC(=O)C1CCN(Cc2ccccc2F)CC1. The summed E-state index contributed by atoms with van der Waals surface area (Å²) in [6, 6.07) is 14.7. The van der Waals surface area contributed by atoms with Gasteiger partial charge in [0.1, 0.15) is 18.2 Å². The molecular formula is C22H27FN2O2. The highest BCUT2D eigenvalue weighted by atomic mass is 19.1. The lowest BCUT2D eigenvalue weighted by Crippen LogP contribution is -2.41. The number of hydrogen-bond donors (Lipinski definition) is 1. The van der Waals surface area contributed by atoms with Crippen LogP contribution in [0, 0.1) is 18.7 Å². The molecule has 27 heavy (non-hydrogen) atoms. The molecule has 1 fully saturated rings. The fourth-order valence-electron chi connectivity index (χ4n) is 3.42. The topological polar surface area (TPSA) is 41.6 Å². The van der Waals surface area contributed by atoms with E-state index in [0.717, 1.165) is 37.2 Å². The third kappa shape index (κ3) is 5.54. The molecule has 0 saturated carbocycles. The Kier molecular flexibility index (Phi) is 6.82. The molecule has 4 nitrogen and oxygen atoms in total. The van der Waals surface area contributed by atoms with Crippen LogP contribution in [-0.4, -0.2) is 37.0 Å². The van der Waals surface area contributed by atoms with Gasteiger partial charge in [0, 0.05) is 18.0 Å². The number of aryl methyl sites for hydroxylation is 1. The van der Waals surface area contributed by atoms with E-state index in [9.17, 15) is 9.18 Å². The number of hydrogen-bond acceptors (Lipinski definition) is 3. The van der Waals surface area contributed by atoms with Gasteiger partial charge in [0.2, 0.25) is 5.91 Å². The minimum Gasteiger partial charge on any atom is -0.491 e. The normalized spacial score (nSPS) is 15.5. The molecule has 0 spiro atoms. The largest absolute Gasteiger partial charge is 0.491 e. The van der Waals surface area contributed by atoms with Crippen molar-refractivity contribution in [1.29, 1.82) is 0 Å². The molecule has 1 aliphatic rings. The molecule has 1 saturated heterocycles. The zero-order chi connectivity index (χ0) is 19.1. The summed E-state index contributed by atoms with van der Waals surface area (Å²) >= 11 is 0. The predicted octanol–water partition coefficient (Wildman–Crippen LogP) is 3.54. The molecule has 5 heteroatoms. The molecule has 0 radical (unpaired) electrons. The third-order valence-electron chi connectivity index (χ3n) is 5.06. The van der Waals surface area contributed by atoms with Crippen LogP contribution in [0.1, 0.15) is 24.0 Å². The molecular weight excluding hydrogens is 343 g/mol. The zero-order valence-electron chi connectivity index (χ0n) is 15.8. The summed E-state index contributed by atoms with van der Waals surface area (Å²) < 4.78 is 19.5. The van der Waals surface area contributed by atoms with Crippen molar-refractivity contribution in [1.82, 2.24) is 10.2 Å². The first-order valence-corrected chi connectivity index (χ1v) is 9.55. The number of likely N-dealkylation sites (tertiary alicyclic amines) is 1. The number of rotatable bonds is 7. The van der Waals surface area contributed by atoms with E-state index >= 15 is 0 Å². The molecule has 1 aliphatic heterocycles. The quantitative estimate of drug-likeness (QED) is 0.758. The average molecular weight is 370 g/mol. The number of nitrogens with one attached hydrogen (secondary N) is 1. The molecule has 2 aromatic rings. The standard InChI is InChI=1S/C22H27FN2O2/c1-17-6-2-5-9-21(17)27-15-12-24-22(26)18-10-13-25(14-11-18)16-19-7-3-4-8-20(19)23/h2-9,18H,10-16H2,1H3,(H,24,26). The maximum Gasteiger partial charge on any atom is 0.223 e. The van der Waals surface area contributed by atoms with Crippen LogP contribution in [0.3, 0.4) is 0 Å². The molecule has 0 atom stereocenters. The Morgan fingerprint density at radius 3 is 2.59 bits per heavy atom. The number of carbonyl (C=O) groups is 1. The molecule has 3 rings (SSSR count). The van der Waals surface area contributed by atoms with Crippen LogP contribution in [0.15, 0.2) is 48.5 Å². The van der Waals surface area contributed by atoms with E-state index in [4.69, 9.17) is 4.74 Å². The van der Waals surface area contributed by atoms with Gasteiger partial charge in [-0.05, 0) is 50.6 Å². The first-order valence-electron chi connectivity index (χ1n) is 9.55. The molecule has 1 amide bonds. The first kappa shape index (κ1) is 19.4. The molecule has 2 aromatic carbocycles. The van der Waals surface area contributed by atoms with E-state index in [2.05, 4.69) is 10.2 Å². The van der Waals surface area contributed by atoms with Gasteiger partial charge in [-0.15, -0.1) is 0 Å². The van der Waals surface area contributed by atoms with Crippen molar-refractivity contribution in [3.05, 3.63) is 65.5 Å². The predicted molar refractivity (Wildman–Crippen MR) is 104 cm³/mol. The summed E-state index contributed by atoms with van der Waals surface area (Å²) in [5.41, 5.74) is 1.81. The van der Waals surface area contributed by atoms with Crippen molar-refractivity contribution >= 4 is 5.91 Å². The number of amides is 1. The van der Waals surface area contributed by atoms with E-state index in [1.54, 1.807) is 6.07 Å². The lowest BCUT2D eigenvalue weighted by molar-refractivity contribution is -0.126. The Bertz CT molecular complexity index is 757. The second-order valence-electron chi connectivity index (χ2n) is 7.05. The van der Waals surface area contributed by atoms with Gasteiger partial charge >= 0.3 is 0 Å². The summed E-state index contributed by atoms with van der Waals surface area (Å²) in [6.07, 6.45) is 1.61. The fourth-order valence-corrected chi connectivity index (χ4v) is 3.42. The van der Waals surface area contributed by atoms with Gasteiger partial charge < -0.3 is 10.1 Å². The number of halogens is 1. The molecule has 0 bridgehead atoms. The van der Waals surface area contributed by atoms with E-state index in [1.807, 2.05) is 43.3 Å². The van der Waals surface area contributed by atoms with E-state index in [0.29, 0.717) is 25.3 Å². The highest BCUT2D eigenvalue weighted by Gasteiger charge is 2.25. The molecule has 1 N–H and O–H groups in total. The van der Waals surface area contributed by atoms with Crippen LogP contribution in [-0.2, 0) is 11.3 Å². The minimum absolute atomic E-state index is 0.0281. The second kappa shape index (κ2) is 9.51. The molecule has 1 heterocycles. The van der Waals surface area contributed by atoms with E-state index < -0.39 is 0 Å². The van der Waals surface area contributed by atoms with Crippen LogP contribution in [0.2, 0.25) is 0 Å². The highest BCUT2D eigenvalue weighted by molar-refractivity contribution is 5.78. The van der Waals surface area contributed by atoms with Crippen LogP contribution in [0.25, 0.3) is 0 Å². The second-order valence-corrected chi connectivity index (χ2v) is 7.05. The Hall–Kier alpha value is -2.40.